The number of carbonyl (C=O) groups is 1. The number of nitrogens with zero attached hydrogens (tertiary/aromatic N) is 1. The summed E-state index contributed by atoms with van der Waals surface area (Å²) >= 11 is 10.3. The third kappa shape index (κ3) is 4.67. The van der Waals surface area contributed by atoms with Crippen molar-refractivity contribution < 1.29 is 13.2 Å². The number of rotatable bonds is 5. The van der Waals surface area contributed by atoms with Crippen LogP contribution in [0.1, 0.15) is 18.4 Å². The Hall–Kier alpha value is -0.930. The second-order valence-corrected chi connectivity index (χ2v) is 11.2. The SMILES string of the molecule is O=C(NCc1ccc(Cl)cc1)[C@H]1CCCN(S(=O)(=O)c2ccc(Br)s2)C1. The molecule has 1 aromatic carbocycles. The van der Waals surface area contributed by atoms with Gasteiger partial charge in [-0.05, 0) is 58.6 Å². The van der Waals surface area contributed by atoms with E-state index < -0.39 is 10.0 Å². The van der Waals surface area contributed by atoms with Crippen LogP contribution < -0.4 is 5.32 Å². The van der Waals surface area contributed by atoms with Gasteiger partial charge in [0, 0.05) is 24.7 Å². The van der Waals surface area contributed by atoms with E-state index in [9.17, 15) is 13.2 Å². The van der Waals surface area contributed by atoms with Crippen molar-refractivity contribution in [2.45, 2.75) is 23.6 Å². The van der Waals surface area contributed by atoms with Crippen LogP contribution >= 0.6 is 38.9 Å². The van der Waals surface area contributed by atoms with Gasteiger partial charge in [0.25, 0.3) is 10.0 Å². The quantitative estimate of drug-likeness (QED) is 0.711. The smallest absolute Gasteiger partial charge is 0.252 e. The summed E-state index contributed by atoms with van der Waals surface area (Å²) in [6.07, 6.45) is 1.36. The van der Waals surface area contributed by atoms with Crippen molar-refractivity contribution in [1.29, 1.82) is 0 Å². The molecule has 2 aromatic rings. The van der Waals surface area contributed by atoms with Crippen molar-refractivity contribution in [3.05, 3.63) is 50.8 Å². The fourth-order valence-electron chi connectivity index (χ4n) is 2.87. The molecule has 0 saturated carbocycles. The normalized spacial score (nSPS) is 18.6. The standard InChI is InChI=1S/C17H18BrClN2O3S2/c18-15-7-8-16(25-15)26(23,24)21-9-1-2-13(11-21)17(22)20-10-12-3-5-14(19)6-4-12/h3-8,13H,1-2,9-11H2,(H,20,22)/t13-/m0/s1. The summed E-state index contributed by atoms with van der Waals surface area (Å²) in [4.78, 5) is 12.5. The molecular weight excluding hydrogens is 460 g/mol. The Morgan fingerprint density at radius 2 is 2.00 bits per heavy atom. The lowest BCUT2D eigenvalue weighted by Crippen LogP contribution is -2.45. The number of hydrogen-bond donors (Lipinski definition) is 1. The second kappa shape index (κ2) is 8.39. The fraction of sp³-hybridized carbons (Fsp3) is 0.353. The number of carbonyl (C=O) groups excluding carboxylic acids is 1. The highest BCUT2D eigenvalue weighted by molar-refractivity contribution is 9.11. The molecule has 0 bridgehead atoms. The molecule has 2 heterocycles. The Labute approximate surface area is 170 Å². The zero-order valence-electron chi connectivity index (χ0n) is 13.8. The molecule has 1 saturated heterocycles. The fourth-order valence-corrected chi connectivity index (χ4v) is 6.69. The molecule has 1 aliphatic heterocycles. The first kappa shape index (κ1) is 19.8. The molecule has 0 spiro atoms. The van der Waals surface area contributed by atoms with E-state index in [0.717, 1.165) is 9.35 Å². The number of amides is 1. The lowest BCUT2D eigenvalue weighted by atomic mass is 9.99. The highest BCUT2D eigenvalue weighted by Gasteiger charge is 2.33. The van der Waals surface area contributed by atoms with E-state index in [2.05, 4.69) is 21.2 Å². The third-order valence-electron chi connectivity index (χ3n) is 4.28. The van der Waals surface area contributed by atoms with Crippen LogP contribution in [0.4, 0.5) is 0 Å². The van der Waals surface area contributed by atoms with Crippen molar-refractivity contribution in [1.82, 2.24) is 9.62 Å². The predicted octanol–water partition coefficient (Wildman–Crippen LogP) is 3.88. The Bertz CT molecular complexity index is 884. The maximum atomic E-state index is 12.8. The molecule has 0 aliphatic carbocycles. The maximum Gasteiger partial charge on any atom is 0.252 e. The van der Waals surface area contributed by atoms with Gasteiger partial charge in [0.05, 0.1) is 9.70 Å². The number of nitrogens with one attached hydrogen (secondary N) is 1. The van der Waals surface area contributed by atoms with Gasteiger partial charge in [0.1, 0.15) is 4.21 Å². The van der Waals surface area contributed by atoms with Crippen LogP contribution in [-0.4, -0.2) is 31.7 Å². The summed E-state index contributed by atoms with van der Waals surface area (Å²) in [6.45, 7) is 1.06. The molecule has 1 fully saturated rings. The summed E-state index contributed by atoms with van der Waals surface area (Å²) in [6, 6.07) is 10.6. The highest BCUT2D eigenvalue weighted by Crippen LogP contribution is 2.30. The molecule has 1 atom stereocenters. The van der Waals surface area contributed by atoms with Crippen LogP contribution in [0.5, 0.6) is 0 Å². The minimum absolute atomic E-state index is 0.118. The number of piperidine rings is 1. The monoisotopic (exact) mass is 476 g/mol. The molecule has 1 amide bonds. The van der Waals surface area contributed by atoms with Gasteiger partial charge in [-0.3, -0.25) is 4.79 Å². The van der Waals surface area contributed by atoms with E-state index in [-0.39, 0.29) is 18.4 Å². The summed E-state index contributed by atoms with van der Waals surface area (Å²) in [7, 11) is -3.55. The molecule has 1 aliphatic rings. The Balaban J connectivity index is 1.62. The highest BCUT2D eigenvalue weighted by atomic mass is 79.9. The number of thiophene rings is 1. The molecule has 0 unspecified atom stereocenters. The van der Waals surface area contributed by atoms with Gasteiger partial charge in [0.15, 0.2) is 0 Å². The van der Waals surface area contributed by atoms with E-state index in [0.29, 0.717) is 35.2 Å². The summed E-state index contributed by atoms with van der Waals surface area (Å²) in [5.74, 6) is -0.457. The van der Waals surface area contributed by atoms with Gasteiger partial charge in [-0.15, -0.1) is 11.3 Å². The van der Waals surface area contributed by atoms with Crippen LogP contribution in [-0.2, 0) is 21.4 Å². The van der Waals surface area contributed by atoms with E-state index in [1.165, 1.54) is 15.6 Å². The zero-order valence-corrected chi connectivity index (χ0v) is 17.8. The Morgan fingerprint density at radius 1 is 1.27 bits per heavy atom. The van der Waals surface area contributed by atoms with Crippen LogP contribution in [0.15, 0.2) is 44.4 Å². The van der Waals surface area contributed by atoms with Gasteiger partial charge < -0.3 is 5.32 Å². The second-order valence-electron chi connectivity index (χ2n) is 6.11. The van der Waals surface area contributed by atoms with E-state index in [1.807, 2.05) is 12.1 Å². The van der Waals surface area contributed by atoms with Crippen LogP contribution in [0.25, 0.3) is 0 Å². The number of halogens is 2. The number of hydrogen-bond acceptors (Lipinski definition) is 4. The van der Waals surface area contributed by atoms with Crippen LogP contribution in [0, 0.1) is 5.92 Å². The maximum absolute atomic E-state index is 12.8. The molecule has 1 aromatic heterocycles. The minimum Gasteiger partial charge on any atom is -0.352 e. The Kier molecular flexibility index (Phi) is 6.40. The van der Waals surface area contributed by atoms with E-state index >= 15 is 0 Å². The van der Waals surface area contributed by atoms with Crippen LogP contribution in [0.3, 0.4) is 0 Å². The van der Waals surface area contributed by atoms with Gasteiger partial charge in [0.2, 0.25) is 5.91 Å². The van der Waals surface area contributed by atoms with E-state index in [1.54, 1.807) is 24.3 Å². The molecule has 9 heteroatoms. The first-order valence-electron chi connectivity index (χ1n) is 8.14. The van der Waals surface area contributed by atoms with Crippen molar-refractivity contribution in [2.24, 2.45) is 5.92 Å². The molecule has 3 rings (SSSR count). The lowest BCUT2D eigenvalue weighted by Gasteiger charge is -2.30. The van der Waals surface area contributed by atoms with Gasteiger partial charge >= 0.3 is 0 Å². The molecular formula is C17H18BrClN2O3S2. The van der Waals surface area contributed by atoms with Gasteiger partial charge in [-0.2, -0.15) is 4.31 Å². The summed E-state index contributed by atoms with van der Waals surface area (Å²) in [5.41, 5.74) is 0.950. The van der Waals surface area contributed by atoms with Crippen molar-refractivity contribution in [3.8, 4) is 0 Å². The summed E-state index contributed by atoms with van der Waals surface area (Å²) in [5, 5.41) is 3.54. The van der Waals surface area contributed by atoms with Gasteiger partial charge in [-0.1, -0.05) is 23.7 Å². The first-order valence-corrected chi connectivity index (χ1v) is 11.6. The molecule has 0 radical (unpaired) electrons. The minimum atomic E-state index is -3.55. The largest absolute Gasteiger partial charge is 0.352 e. The van der Waals surface area contributed by atoms with Gasteiger partial charge in [-0.25, -0.2) is 8.42 Å². The zero-order chi connectivity index (χ0) is 18.7. The first-order chi connectivity index (χ1) is 12.4. The Morgan fingerprint density at radius 3 is 2.65 bits per heavy atom. The number of sulfonamides is 1. The lowest BCUT2D eigenvalue weighted by molar-refractivity contribution is -0.126. The third-order valence-corrected chi connectivity index (χ3v) is 8.49. The molecule has 5 nitrogen and oxygen atoms in total. The number of benzene rings is 1. The van der Waals surface area contributed by atoms with Crippen molar-refractivity contribution in [2.75, 3.05) is 13.1 Å². The van der Waals surface area contributed by atoms with E-state index in [4.69, 9.17) is 11.6 Å². The average Bonchev–Trinajstić information content (AvgIpc) is 3.08. The molecule has 26 heavy (non-hydrogen) atoms. The van der Waals surface area contributed by atoms with Crippen molar-refractivity contribution in [3.63, 3.8) is 0 Å². The van der Waals surface area contributed by atoms with Crippen LogP contribution in [0.2, 0.25) is 5.02 Å². The predicted molar refractivity (Wildman–Crippen MR) is 107 cm³/mol. The summed E-state index contributed by atoms with van der Waals surface area (Å²) < 4.78 is 28.0. The molecule has 1 N–H and O–H groups in total. The van der Waals surface area contributed by atoms with Crippen molar-refractivity contribution >= 4 is 54.8 Å². The molecule has 140 valence electrons. The topological polar surface area (TPSA) is 66.5 Å². The average molecular weight is 478 g/mol.